The molecule has 0 radical (unpaired) electrons. The molecular formula is C87H107Cl2N8NaO21S5. The molecular weight excluding hydrogens is 1750 g/mol. The molecule has 666 valence electrons. The number of unbranched alkanes of at least 4 members (excludes halogenated alkanes) is 1. The number of phenolic OH excluding ortho intramolecular Hbond substituents is 8. The number of esters is 1. The van der Waals surface area contributed by atoms with Crippen molar-refractivity contribution in [3.8, 4) is 46.0 Å². The summed E-state index contributed by atoms with van der Waals surface area (Å²) in [7, 11) is 1.63. The number of amides is 4. The Hall–Kier alpha value is -9.24. The number of rotatable bonds is 20. The number of nitrogens with zero attached hydrogens (tertiary/aromatic N) is 5. The quantitative estimate of drug-likeness (QED) is 0.00388. The average Bonchev–Trinajstić information content (AvgIpc) is 1.09. The van der Waals surface area contributed by atoms with Crippen molar-refractivity contribution in [1.29, 1.82) is 0 Å². The number of hydrogen-bond acceptors (Lipinski definition) is 28. The molecule has 3 aliphatic heterocycles. The SMILES string of the molecule is CCCCC(CC)COC(=O)OC1=NN(c2cccc(C)c2)CC1.CCOC(=O)c1cc(Cl)c(C=O)c(Cl)c1.CN1C(=O)NC2NC(=O)NC21.CSc1nnc(Sc2cc(O)c(C)cc2O)s1.Cc1cc(C)c(O)c(C(c2cc(C)cc(C)c2O)C(C)C)c1.Cc1cc(C)cc(S(=O)O)c1.Cc1cc(O)c(C)cc1O.Cc1cc(O)c(SOO[O-])cc1O.[Na+]. The number of thioether (sulfide) groups is 1. The fraction of sp³-hybridized carbons (Fsp3) is 0.356. The Bertz CT molecular complexity index is 5020. The summed E-state index contributed by atoms with van der Waals surface area (Å²) >= 11 is 14.5. The van der Waals surface area contributed by atoms with Gasteiger partial charge in [-0.25, -0.2) is 23.4 Å². The first kappa shape index (κ1) is 107. The summed E-state index contributed by atoms with van der Waals surface area (Å²) in [5.74, 6) is 1.92. The Morgan fingerprint density at radius 3 is 1.65 bits per heavy atom. The van der Waals surface area contributed by atoms with Gasteiger partial charge >= 0.3 is 53.7 Å². The summed E-state index contributed by atoms with van der Waals surface area (Å²) in [4.78, 5) is 58.1. The first-order chi connectivity index (χ1) is 58.1. The first-order valence-electron chi connectivity index (χ1n) is 38.6. The van der Waals surface area contributed by atoms with Crippen LogP contribution in [0.2, 0.25) is 10.0 Å². The van der Waals surface area contributed by atoms with Crippen molar-refractivity contribution in [2.75, 3.05) is 38.1 Å². The number of hydrogen-bond donors (Lipinski definition) is 12. The van der Waals surface area contributed by atoms with E-state index in [1.165, 1.54) is 81.7 Å². The number of urea groups is 2. The van der Waals surface area contributed by atoms with Crippen LogP contribution in [-0.4, -0.2) is 146 Å². The molecule has 2 saturated heterocycles. The number of aromatic nitrogens is 2. The molecule has 9 aromatic rings. The number of aromatic hydroxyl groups is 8. The van der Waals surface area contributed by atoms with Gasteiger partial charge in [-0.1, -0.05) is 159 Å². The van der Waals surface area contributed by atoms with Crippen molar-refractivity contribution >= 4 is 123 Å². The average molecular weight is 1860 g/mol. The van der Waals surface area contributed by atoms with Crippen LogP contribution in [0.3, 0.4) is 0 Å². The van der Waals surface area contributed by atoms with Gasteiger partial charge in [-0.05, 0) is 230 Å². The Kier molecular flexibility index (Phi) is 45.5. The zero-order valence-electron chi connectivity index (χ0n) is 72.5. The number of likely N-dealkylation sites (N-methyl/N-ethyl adjacent to an activating group) is 1. The maximum atomic E-state index is 11.8. The molecule has 1 aromatic heterocycles. The molecule has 3 aliphatic rings. The van der Waals surface area contributed by atoms with E-state index in [-0.39, 0.29) is 133 Å². The second-order valence-electron chi connectivity index (χ2n) is 28.9. The molecule has 4 heterocycles. The number of anilines is 1. The van der Waals surface area contributed by atoms with Crippen LogP contribution in [-0.2, 0) is 34.7 Å². The number of nitrogens with one attached hydrogen (secondary N) is 3. The van der Waals surface area contributed by atoms with Crippen LogP contribution in [0.25, 0.3) is 0 Å². The van der Waals surface area contributed by atoms with Crippen LogP contribution in [0.5, 0.6) is 46.0 Å². The molecule has 12 N–H and O–H groups in total. The molecule has 0 bridgehead atoms. The molecule has 0 saturated carbocycles. The van der Waals surface area contributed by atoms with E-state index in [2.05, 4.69) is 74.4 Å². The molecule has 4 atom stereocenters. The molecule has 4 unspecified atom stereocenters. The Morgan fingerprint density at radius 1 is 0.661 bits per heavy atom. The van der Waals surface area contributed by atoms with Gasteiger partial charge < -0.3 is 85.7 Å². The second-order valence-corrected chi connectivity index (χ2v) is 34.8. The molecule has 12 rings (SSSR count). The van der Waals surface area contributed by atoms with Crippen molar-refractivity contribution in [2.45, 2.75) is 184 Å². The van der Waals surface area contributed by atoms with Crippen molar-refractivity contribution in [3.05, 3.63) is 209 Å². The number of carbonyl (C=O) groups is 5. The number of halogens is 2. The van der Waals surface area contributed by atoms with Crippen LogP contribution < -0.4 is 55.8 Å². The van der Waals surface area contributed by atoms with Gasteiger partial charge in [0, 0.05) is 30.5 Å². The van der Waals surface area contributed by atoms with E-state index in [9.17, 15) is 64.1 Å². The fourth-order valence-electron chi connectivity index (χ4n) is 12.1. The van der Waals surface area contributed by atoms with Gasteiger partial charge in [0.15, 0.2) is 26.0 Å². The van der Waals surface area contributed by atoms with Crippen molar-refractivity contribution in [2.24, 2.45) is 16.9 Å². The number of aldehydes is 1. The molecule has 29 nitrogen and oxygen atoms in total. The molecule has 4 amide bonds. The minimum atomic E-state index is -1.85. The van der Waals surface area contributed by atoms with Gasteiger partial charge in [-0.15, -0.1) is 15.3 Å². The van der Waals surface area contributed by atoms with Crippen molar-refractivity contribution < 1.29 is 132 Å². The minimum Gasteiger partial charge on any atom is -0.691 e. The zero-order valence-corrected chi connectivity index (χ0v) is 80.1. The van der Waals surface area contributed by atoms with Crippen LogP contribution in [0.15, 0.2) is 144 Å². The van der Waals surface area contributed by atoms with Crippen LogP contribution in [0, 0.1) is 88.0 Å². The number of ether oxygens (including phenoxy) is 3. The van der Waals surface area contributed by atoms with E-state index < -0.39 is 23.2 Å². The van der Waals surface area contributed by atoms with Gasteiger partial charge in [-0.3, -0.25) is 14.8 Å². The standard InChI is InChI=1S/C20H26O2.C19H28N2O3.C10H8Cl2O3.C10H10N2O2S3.C8H10O2S.C8H10O2.C7H8O5S.C5H8N4O2.Na/c1-11(2)18(16-9-12(3)7-14(5)19(16)21)17-10-13(4)8-15(6)20(17)22;1-4-6-9-16(5-2)14-23-19(22)24-18-11-12-21(20-18)17-10-7-8-15(3)13-17;1-2-15-10(14)6-3-8(11)7(5-13)9(12)4-6;1-5-3-7(14)8(4-6(5)13)16-10-12-11-9(15-2)17-10;1-6-3-7(2)5-8(4-6)11(9)10;1-5-3-8(10)6(2)4-7(5)9;1-4-2-6(9)7(3-5(4)8)13-12-11-10;1-9-3-2(7-5(9)11)6-4(10)8-3;/h7-11,18,21-22H,1-6H3;7-8,10,13,16H,4-6,9,11-12,14H2,1-3H3;3-5H,2H2,1H3;3-4,13-14H,1-2H3;3-5H,1-2H3,(H,9,10);3-4,9-10H,1-2H3;2-3,8-10H,1H3;2-3H,1H3,(H,7,11)(H2,6,8,10);/q;;;;;;;;+1/p-1. The molecule has 0 spiro atoms. The smallest absolute Gasteiger partial charge is 0.691 e. The van der Waals surface area contributed by atoms with Crippen LogP contribution >= 0.6 is 70.1 Å². The monoisotopic (exact) mass is 1850 g/mol. The van der Waals surface area contributed by atoms with Gasteiger partial charge in [0.05, 0.1) is 73.3 Å². The number of carbonyl (C=O) groups excluding carboxylic acids is 5. The van der Waals surface area contributed by atoms with Gasteiger partial charge in [-0.2, -0.15) is 4.33 Å². The normalized spacial score (nSPS) is 13.7. The molecule has 124 heavy (non-hydrogen) atoms. The number of hydrazone groups is 1. The van der Waals surface area contributed by atoms with E-state index in [1.54, 1.807) is 65.9 Å². The minimum absolute atomic E-state index is 0. The topological polar surface area (TPSA) is 434 Å². The zero-order chi connectivity index (χ0) is 91.8. The van der Waals surface area contributed by atoms with Gasteiger partial charge in [0.2, 0.25) is 5.90 Å². The fourth-order valence-corrected chi connectivity index (χ4v) is 16.1. The molecule has 8 aromatic carbocycles. The summed E-state index contributed by atoms with van der Waals surface area (Å²) in [5.41, 5.74) is 13.0. The molecule has 0 aliphatic carbocycles. The second kappa shape index (κ2) is 52.6. The van der Waals surface area contributed by atoms with Crippen molar-refractivity contribution in [1.82, 2.24) is 31.0 Å². The van der Waals surface area contributed by atoms with Gasteiger partial charge in [0.1, 0.15) is 58.3 Å². The third kappa shape index (κ3) is 33.6. The molecule has 2 fully saturated rings. The number of fused-ring (bicyclic) bond motifs is 1. The summed E-state index contributed by atoms with van der Waals surface area (Å²) in [6, 6.07) is 32.6. The summed E-state index contributed by atoms with van der Waals surface area (Å²) < 4.78 is 40.2. The Morgan fingerprint density at radius 2 is 1.18 bits per heavy atom. The summed E-state index contributed by atoms with van der Waals surface area (Å²) in [6.45, 7) is 32.3. The molecule has 37 heteroatoms. The van der Waals surface area contributed by atoms with E-state index in [0.29, 0.717) is 93.3 Å². The largest absolute Gasteiger partial charge is 1.00 e. The maximum absolute atomic E-state index is 11.8. The third-order valence-corrected chi connectivity index (χ3v) is 23.4. The maximum Gasteiger partial charge on any atom is 1.00 e. The number of phenols is 8. The van der Waals surface area contributed by atoms with Crippen LogP contribution in [0.1, 0.15) is 166 Å². The number of benzene rings is 8. The Labute approximate surface area is 774 Å². The Balaban J connectivity index is 0.000000302. The summed E-state index contributed by atoms with van der Waals surface area (Å²) in [6.07, 6.45) is 6.34. The summed E-state index contributed by atoms with van der Waals surface area (Å²) in [5, 5.41) is 112. The first-order valence-corrected chi connectivity index (χ1v) is 44.0. The van der Waals surface area contributed by atoms with E-state index in [4.69, 9.17) is 52.2 Å². The van der Waals surface area contributed by atoms with Crippen molar-refractivity contribution in [3.63, 3.8) is 0 Å². The predicted octanol–water partition coefficient (Wildman–Crippen LogP) is 16.0. The van der Waals surface area contributed by atoms with E-state index in [1.807, 2.05) is 108 Å². The number of aryl methyl sites for hydroxylation is 11. The van der Waals surface area contributed by atoms with E-state index >= 15 is 0 Å². The van der Waals surface area contributed by atoms with Gasteiger partial charge in [0.25, 0.3) is 0 Å². The predicted molar refractivity (Wildman–Crippen MR) is 479 cm³/mol. The third-order valence-electron chi connectivity index (χ3n) is 18.5. The van der Waals surface area contributed by atoms with E-state index in [0.717, 1.165) is 84.6 Å². The van der Waals surface area contributed by atoms with Crippen LogP contribution in [0.4, 0.5) is 20.1 Å².